The lowest BCUT2D eigenvalue weighted by Gasteiger charge is -2.28. The predicted octanol–water partition coefficient (Wildman–Crippen LogP) is 7.35. The van der Waals surface area contributed by atoms with Crippen LogP contribution in [0.25, 0.3) is 11.5 Å². The van der Waals surface area contributed by atoms with Gasteiger partial charge in [-0.1, -0.05) is 53.5 Å². The van der Waals surface area contributed by atoms with E-state index in [1.54, 1.807) is 0 Å². The Morgan fingerprint density at radius 2 is 1.73 bits per heavy atom. The van der Waals surface area contributed by atoms with Crippen molar-refractivity contribution in [3.63, 3.8) is 0 Å². The van der Waals surface area contributed by atoms with Crippen molar-refractivity contribution in [3.8, 4) is 23.3 Å². The third-order valence-corrected chi connectivity index (χ3v) is 7.10. The molecular formula is C29H26Cl2N4O2. The van der Waals surface area contributed by atoms with Crippen molar-refractivity contribution in [2.24, 2.45) is 0 Å². The fourth-order valence-corrected chi connectivity index (χ4v) is 4.81. The van der Waals surface area contributed by atoms with Crippen molar-refractivity contribution < 1.29 is 9.15 Å². The van der Waals surface area contributed by atoms with Crippen LogP contribution < -0.4 is 10.1 Å². The molecule has 0 bridgehead atoms. The Bertz CT molecular complexity index is 1370. The normalized spacial score (nSPS) is 14.3. The van der Waals surface area contributed by atoms with Crippen LogP contribution >= 0.6 is 23.2 Å². The molecule has 8 heteroatoms. The van der Waals surface area contributed by atoms with Gasteiger partial charge in [0.2, 0.25) is 17.5 Å². The summed E-state index contributed by atoms with van der Waals surface area (Å²) in [4.78, 5) is 6.86. The molecule has 0 aliphatic carbocycles. The quantitative estimate of drug-likeness (QED) is 0.243. The molecule has 5 rings (SSSR count). The van der Waals surface area contributed by atoms with Gasteiger partial charge in [-0.05, 0) is 74.0 Å². The molecule has 1 aromatic heterocycles. The smallest absolute Gasteiger partial charge is 0.232 e. The second-order valence-electron chi connectivity index (χ2n) is 8.90. The molecule has 1 fully saturated rings. The maximum atomic E-state index is 9.68. The van der Waals surface area contributed by atoms with Crippen LogP contribution in [-0.2, 0) is 6.61 Å². The average Bonchev–Trinajstić information content (AvgIpc) is 3.60. The van der Waals surface area contributed by atoms with Gasteiger partial charge in [-0.2, -0.15) is 10.2 Å². The molecule has 0 radical (unpaired) electrons. The topological polar surface area (TPSA) is 74.3 Å². The molecule has 0 amide bonds. The average molecular weight is 533 g/mol. The number of hydrogen-bond donors (Lipinski definition) is 1. The Balaban J connectivity index is 1.28. The van der Waals surface area contributed by atoms with E-state index in [4.69, 9.17) is 32.4 Å². The van der Waals surface area contributed by atoms with E-state index in [1.165, 1.54) is 18.4 Å². The highest BCUT2D eigenvalue weighted by Gasteiger charge is 2.25. The van der Waals surface area contributed by atoms with E-state index in [-0.39, 0.29) is 11.7 Å². The van der Waals surface area contributed by atoms with Crippen molar-refractivity contribution in [1.29, 1.82) is 5.26 Å². The molecule has 37 heavy (non-hydrogen) atoms. The standard InChI is InChI=1S/C29H26Cl2N4O2/c30-23-11-7-20(8-12-23)27(35-15-3-4-16-35)18-33-29-26(17-32)34-28(37-29)21-9-13-24(14-10-21)36-19-22-5-1-2-6-25(22)31/h1-2,5-14,27,33H,3-4,15-16,18-19H2/t27-/m1/s1. The predicted molar refractivity (Wildman–Crippen MR) is 146 cm³/mol. The van der Waals surface area contributed by atoms with Crippen molar-refractivity contribution >= 4 is 29.1 Å². The number of benzene rings is 3. The number of anilines is 1. The van der Waals surface area contributed by atoms with Gasteiger partial charge in [-0.15, -0.1) is 0 Å². The molecular weight excluding hydrogens is 507 g/mol. The molecule has 1 atom stereocenters. The fraction of sp³-hybridized carbons (Fsp3) is 0.241. The summed E-state index contributed by atoms with van der Waals surface area (Å²) in [6.07, 6.45) is 2.36. The van der Waals surface area contributed by atoms with Gasteiger partial charge in [0.1, 0.15) is 18.4 Å². The molecule has 4 aromatic rings. The number of rotatable bonds is 9. The molecule has 6 nitrogen and oxygen atoms in total. The van der Waals surface area contributed by atoms with Gasteiger partial charge in [0.15, 0.2) is 0 Å². The number of nitrogens with zero attached hydrogens (tertiary/aromatic N) is 3. The number of likely N-dealkylation sites (tertiary alicyclic amines) is 1. The maximum absolute atomic E-state index is 9.68. The van der Waals surface area contributed by atoms with Gasteiger partial charge in [0, 0.05) is 27.7 Å². The first kappa shape index (κ1) is 25.2. The lowest BCUT2D eigenvalue weighted by atomic mass is 10.1. The minimum atomic E-state index is 0.134. The summed E-state index contributed by atoms with van der Waals surface area (Å²) in [5, 5.41) is 14.4. The zero-order valence-electron chi connectivity index (χ0n) is 20.2. The van der Waals surface area contributed by atoms with E-state index in [9.17, 15) is 5.26 Å². The summed E-state index contributed by atoms with van der Waals surface area (Å²) in [6, 6.07) is 25.2. The molecule has 2 heterocycles. The van der Waals surface area contributed by atoms with Crippen LogP contribution in [0.15, 0.2) is 77.2 Å². The summed E-state index contributed by atoms with van der Waals surface area (Å²) >= 11 is 12.3. The van der Waals surface area contributed by atoms with E-state index in [0.717, 1.165) is 24.2 Å². The Kier molecular flexibility index (Phi) is 7.96. The summed E-state index contributed by atoms with van der Waals surface area (Å²) in [5.74, 6) is 1.45. The third kappa shape index (κ3) is 6.08. The second kappa shape index (κ2) is 11.7. The number of oxazole rings is 1. The first-order chi connectivity index (χ1) is 18.1. The molecule has 1 saturated heterocycles. The SMILES string of the molecule is N#Cc1nc(-c2ccc(OCc3ccccc3Cl)cc2)oc1NC[C@H](c1ccc(Cl)cc1)N1CCCC1. The van der Waals surface area contributed by atoms with E-state index in [2.05, 4.69) is 33.4 Å². The summed E-state index contributed by atoms with van der Waals surface area (Å²) in [6.45, 7) is 3.02. The van der Waals surface area contributed by atoms with Gasteiger partial charge in [0.25, 0.3) is 0 Å². The third-order valence-electron chi connectivity index (χ3n) is 6.48. The fourth-order valence-electron chi connectivity index (χ4n) is 4.49. The highest BCUT2D eigenvalue weighted by Crippen LogP contribution is 2.30. The molecule has 1 aliphatic heterocycles. The Hall–Kier alpha value is -3.50. The van der Waals surface area contributed by atoms with Gasteiger partial charge >= 0.3 is 0 Å². The number of nitriles is 1. The van der Waals surface area contributed by atoms with E-state index >= 15 is 0 Å². The molecule has 1 aliphatic rings. The van der Waals surface area contributed by atoms with Crippen LogP contribution in [0.1, 0.15) is 35.7 Å². The molecule has 0 spiro atoms. The van der Waals surface area contributed by atoms with Crippen LogP contribution in [0, 0.1) is 11.3 Å². The maximum Gasteiger partial charge on any atom is 0.232 e. The number of ether oxygens (including phenoxy) is 1. The molecule has 1 N–H and O–H groups in total. The van der Waals surface area contributed by atoms with Crippen LogP contribution in [0.3, 0.4) is 0 Å². The van der Waals surface area contributed by atoms with Crippen LogP contribution in [0.2, 0.25) is 10.0 Å². The molecule has 0 saturated carbocycles. The summed E-state index contributed by atoms with van der Waals surface area (Å²) < 4.78 is 11.9. The van der Waals surface area contributed by atoms with Gasteiger partial charge in [0.05, 0.1) is 6.04 Å². The lowest BCUT2D eigenvalue weighted by molar-refractivity contribution is 0.255. The van der Waals surface area contributed by atoms with Crippen molar-refractivity contribution in [2.75, 3.05) is 25.0 Å². The van der Waals surface area contributed by atoms with Gasteiger partial charge in [-0.25, -0.2) is 0 Å². The van der Waals surface area contributed by atoms with Crippen LogP contribution in [-0.4, -0.2) is 29.5 Å². The second-order valence-corrected chi connectivity index (χ2v) is 9.75. The number of hydrogen-bond acceptors (Lipinski definition) is 6. The van der Waals surface area contributed by atoms with Gasteiger partial charge in [-0.3, -0.25) is 4.90 Å². The van der Waals surface area contributed by atoms with Crippen molar-refractivity contribution in [3.05, 3.63) is 99.7 Å². The number of aromatic nitrogens is 1. The highest BCUT2D eigenvalue weighted by molar-refractivity contribution is 6.31. The first-order valence-electron chi connectivity index (χ1n) is 12.2. The van der Waals surface area contributed by atoms with E-state index in [1.807, 2.05) is 60.7 Å². The Morgan fingerprint density at radius 3 is 2.43 bits per heavy atom. The van der Waals surface area contributed by atoms with Crippen molar-refractivity contribution in [1.82, 2.24) is 9.88 Å². The van der Waals surface area contributed by atoms with Crippen LogP contribution in [0.4, 0.5) is 5.88 Å². The Labute approximate surface area is 226 Å². The monoisotopic (exact) mass is 532 g/mol. The zero-order chi connectivity index (χ0) is 25.6. The largest absolute Gasteiger partial charge is 0.489 e. The Morgan fingerprint density at radius 1 is 1.00 bits per heavy atom. The van der Waals surface area contributed by atoms with E-state index < -0.39 is 0 Å². The molecule has 3 aromatic carbocycles. The number of halogens is 2. The van der Waals surface area contributed by atoms with Gasteiger partial charge < -0.3 is 14.5 Å². The van der Waals surface area contributed by atoms with E-state index in [0.29, 0.717) is 40.7 Å². The van der Waals surface area contributed by atoms with Crippen molar-refractivity contribution in [2.45, 2.75) is 25.5 Å². The lowest BCUT2D eigenvalue weighted by Crippen LogP contribution is -2.31. The summed E-state index contributed by atoms with van der Waals surface area (Å²) in [5.41, 5.74) is 3.07. The minimum absolute atomic E-state index is 0.134. The minimum Gasteiger partial charge on any atom is -0.489 e. The highest BCUT2D eigenvalue weighted by atomic mass is 35.5. The van der Waals surface area contributed by atoms with Crippen LogP contribution in [0.5, 0.6) is 5.75 Å². The zero-order valence-corrected chi connectivity index (χ0v) is 21.7. The summed E-state index contributed by atoms with van der Waals surface area (Å²) in [7, 11) is 0. The number of nitrogens with one attached hydrogen (secondary N) is 1. The molecule has 188 valence electrons. The first-order valence-corrected chi connectivity index (χ1v) is 13.0. The molecule has 0 unspecified atom stereocenters.